The summed E-state index contributed by atoms with van der Waals surface area (Å²) in [5, 5.41) is 0. The van der Waals surface area contributed by atoms with E-state index >= 15 is 0 Å². The Hall–Kier alpha value is -2.83. The molecule has 1 unspecified atom stereocenters. The lowest BCUT2D eigenvalue weighted by atomic mass is 9.98. The van der Waals surface area contributed by atoms with Crippen molar-refractivity contribution >= 4 is 17.1 Å². The fourth-order valence-electron chi connectivity index (χ4n) is 3.78. The fourth-order valence-corrected chi connectivity index (χ4v) is 3.78. The van der Waals surface area contributed by atoms with Crippen LogP contribution in [0, 0.1) is 24.5 Å². The molecule has 1 saturated heterocycles. The number of benzene rings is 1. The summed E-state index contributed by atoms with van der Waals surface area (Å²) in [7, 11) is 1.87. The van der Waals surface area contributed by atoms with Gasteiger partial charge >= 0.3 is 0 Å². The van der Waals surface area contributed by atoms with Gasteiger partial charge in [0.1, 0.15) is 23.0 Å². The second-order valence-corrected chi connectivity index (χ2v) is 7.14. The Morgan fingerprint density at radius 1 is 1.26 bits per heavy atom. The molecule has 1 amide bonds. The average molecular weight is 370 g/mol. The third-order valence-corrected chi connectivity index (χ3v) is 5.23. The van der Waals surface area contributed by atoms with Gasteiger partial charge in [0.2, 0.25) is 0 Å². The van der Waals surface area contributed by atoms with Crippen molar-refractivity contribution < 1.29 is 13.6 Å². The lowest BCUT2D eigenvalue weighted by Gasteiger charge is -2.17. The van der Waals surface area contributed by atoms with Crippen molar-refractivity contribution in [2.45, 2.75) is 19.8 Å². The van der Waals surface area contributed by atoms with E-state index < -0.39 is 11.6 Å². The molecule has 0 aliphatic carbocycles. The summed E-state index contributed by atoms with van der Waals surface area (Å²) in [5.74, 6) is -0.238. The van der Waals surface area contributed by atoms with Crippen LogP contribution in [0.4, 0.5) is 8.78 Å². The van der Waals surface area contributed by atoms with Crippen LogP contribution in [0.1, 0.15) is 28.2 Å². The Labute approximate surface area is 155 Å². The highest BCUT2D eigenvalue weighted by atomic mass is 19.1. The summed E-state index contributed by atoms with van der Waals surface area (Å²) >= 11 is 0. The molecule has 4 rings (SSSR count). The first-order valence-electron chi connectivity index (χ1n) is 8.94. The van der Waals surface area contributed by atoms with E-state index in [1.54, 1.807) is 17.2 Å². The van der Waals surface area contributed by atoms with Crippen LogP contribution in [-0.4, -0.2) is 38.4 Å². The molecule has 0 N–H and O–H groups in total. The molecule has 0 radical (unpaired) electrons. The number of imidazole rings is 1. The molecule has 0 bridgehead atoms. The number of aromatic nitrogens is 3. The van der Waals surface area contributed by atoms with Crippen molar-refractivity contribution in [2.75, 3.05) is 13.1 Å². The number of rotatable bonds is 3. The van der Waals surface area contributed by atoms with Gasteiger partial charge in [0.15, 0.2) is 5.65 Å². The fraction of sp³-hybridized carbons (Fsp3) is 0.350. The number of hydrogen-bond acceptors (Lipinski definition) is 3. The van der Waals surface area contributed by atoms with E-state index in [1.165, 1.54) is 12.1 Å². The number of pyridine rings is 1. The number of amides is 1. The summed E-state index contributed by atoms with van der Waals surface area (Å²) in [4.78, 5) is 23.6. The van der Waals surface area contributed by atoms with Gasteiger partial charge in [-0.1, -0.05) is 0 Å². The number of fused-ring (bicyclic) bond motifs is 1. The zero-order valence-corrected chi connectivity index (χ0v) is 15.2. The van der Waals surface area contributed by atoms with Gasteiger partial charge in [-0.2, -0.15) is 0 Å². The maximum atomic E-state index is 13.4. The van der Waals surface area contributed by atoms with E-state index in [4.69, 9.17) is 0 Å². The number of halogens is 2. The number of nitrogens with zero attached hydrogens (tertiary/aromatic N) is 4. The van der Waals surface area contributed by atoms with Crippen molar-refractivity contribution in [3.05, 3.63) is 59.0 Å². The molecule has 1 atom stereocenters. The molecule has 2 aromatic heterocycles. The van der Waals surface area contributed by atoms with E-state index in [9.17, 15) is 13.6 Å². The summed E-state index contributed by atoms with van der Waals surface area (Å²) < 4.78 is 28.6. The zero-order valence-electron chi connectivity index (χ0n) is 15.2. The van der Waals surface area contributed by atoms with Gasteiger partial charge in [0.25, 0.3) is 5.91 Å². The van der Waals surface area contributed by atoms with Crippen LogP contribution in [0.15, 0.2) is 30.5 Å². The van der Waals surface area contributed by atoms with E-state index in [2.05, 4.69) is 9.97 Å². The van der Waals surface area contributed by atoms with Gasteiger partial charge in [-0.25, -0.2) is 18.7 Å². The van der Waals surface area contributed by atoms with E-state index in [1.807, 2.05) is 18.5 Å². The highest BCUT2D eigenvalue weighted by molar-refractivity contribution is 6.04. The first-order chi connectivity index (χ1) is 12.9. The highest BCUT2D eigenvalue weighted by Crippen LogP contribution is 2.25. The Morgan fingerprint density at radius 2 is 2.00 bits per heavy atom. The van der Waals surface area contributed by atoms with Crippen molar-refractivity contribution in [2.24, 2.45) is 13.0 Å². The van der Waals surface area contributed by atoms with Crippen LogP contribution in [0.3, 0.4) is 0 Å². The minimum Gasteiger partial charge on any atom is -0.338 e. The van der Waals surface area contributed by atoms with Crippen molar-refractivity contribution in [1.29, 1.82) is 0 Å². The van der Waals surface area contributed by atoms with Crippen molar-refractivity contribution in [3.63, 3.8) is 0 Å². The monoisotopic (exact) mass is 370 g/mol. The quantitative estimate of drug-likeness (QED) is 0.711. The van der Waals surface area contributed by atoms with Crippen LogP contribution in [0.2, 0.25) is 0 Å². The molecule has 3 aromatic rings. The molecule has 3 heterocycles. The van der Waals surface area contributed by atoms with Gasteiger partial charge in [-0.3, -0.25) is 4.79 Å². The summed E-state index contributed by atoms with van der Waals surface area (Å²) in [6.45, 7) is 3.06. The Kier molecular flexibility index (Phi) is 4.37. The maximum absolute atomic E-state index is 13.4. The minimum absolute atomic E-state index is 0.0755. The molecule has 0 saturated carbocycles. The third kappa shape index (κ3) is 3.29. The van der Waals surface area contributed by atoms with E-state index in [0.717, 1.165) is 18.3 Å². The lowest BCUT2D eigenvalue weighted by Crippen LogP contribution is -2.29. The molecule has 7 heteroatoms. The van der Waals surface area contributed by atoms with Crippen LogP contribution in [-0.2, 0) is 13.5 Å². The van der Waals surface area contributed by atoms with Gasteiger partial charge in [-0.15, -0.1) is 0 Å². The molecular weight excluding hydrogens is 350 g/mol. The Morgan fingerprint density at radius 3 is 2.74 bits per heavy atom. The second-order valence-electron chi connectivity index (χ2n) is 7.14. The average Bonchev–Trinajstić information content (AvgIpc) is 3.19. The number of likely N-dealkylation sites (tertiary alicyclic amines) is 1. The van der Waals surface area contributed by atoms with Crippen LogP contribution >= 0.6 is 0 Å². The molecule has 1 aromatic carbocycles. The van der Waals surface area contributed by atoms with E-state index in [-0.39, 0.29) is 11.8 Å². The molecule has 0 spiro atoms. The molecule has 5 nitrogen and oxygen atoms in total. The summed E-state index contributed by atoms with van der Waals surface area (Å²) in [6, 6.07) is 5.29. The maximum Gasteiger partial charge on any atom is 0.256 e. The van der Waals surface area contributed by atoms with Gasteiger partial charge in [0.05, 0.1) is 5.56 Å². The lowest BCUT2D eigenvalue weighted by molar-refractivity contribution is 0.0788. The van der Waals surface area contributed by atoms with Gasteiger partial charge in [-0.05, 0) is 49.4 Å². The highest BCUT2D eigenvalue weighted by Gasteiger charge is 2.29. The topological polar surface area (TPSA) is 51.0 Å². The van der Waals surface area contributed by atoms with E-state index in [0.29, 0.717) is 41.8 Å². The molecule has 1 fully saturated rings. The van der Waals surface area contributed by atoms with Crippen LogP contribution in [0.5, 0.6) is 0 Å². The molecular formula is C20H20F2N4O. The predicted octanol–water partition coefficient (Wildman–Crippen LogP) is 3.26. The van der Waals surface area contributed by atoms with Crippen molar-refractivity contribution in [3.8, 4) is 0 Å². The zero-order chi connectivity index (χ0) is 19.1. The Balaban J connectivity index is 1.52. The normalized spacial score (nSPS) is 17.0. The smallest absolute Gasteiger partial charge is 0.256 e. The van der Waals surface area contributed by atoms with Crippen LogP contribution < -0.4 is 0 Å². The first-order valence-corrected chi connectivity index (χ1v) is 8.94. The number of aryl methyl sites for hydroxylation is 2. The Bertz CT molecular complexity index is 1010. The van der Waals surface area contributed by atoms with Crippen molar-refractivity contribution in [1.82, 2.24) is 19.4 Å². The number of hydrogen-bond donors (Lipinski definition) is 0. The number of carbonyl (C=O) groups is 1. The molecule has 1 aliphatic heterocycles. The molecule has 1 aliphatic rings. The molecule has 140 valence electrons. The SMILES string of the molecule is Cc1nc2c(C(=O)N3CCC(Cc4cc(F)cc(F)c4)C3)ccnc2n1C. The van der Waals surface area contributed by atoms with Crippen LogP contribution in [0.25, 0.3) is 11.2 Å². The first kappa shape index (κ1) is 17.6. The summed E-state index contributed by atoms with van der Waals surface area (Å²) in [6.07, 6.45) is 2.98. The predicted molar refractivity (Wildman–Crippen MR) is 97.3 cm³/mol. The standard InChI is InChI=1S/C20H20F2N4O/c1-12-24-18-17(3-5-23-19(18)25(12)2)20(27)26-6-4-13(11-26)7-14-8-15(21)10-16(22)9-14/h3,5,8-10,13H,4,6-7,11H2,1-2H3. The third-order valence-electron chi connectivity index (χ3n) is 5.23. The van der Waals surface area contributed by atoms with Gasteiger partial charge < -0.3 is 9.47 Å². The minimum atomic E-state index is -0.569. The van der Waals surface area contributed by atoms with Gasteiger partial charge in [0, 0.05) is 32.4 Å². The summed E-state index contributed by atoms with van der Waals surface area (Å²) in [5.41, 5.74) is 2.46. The second kappa shape index (κ2) is 6.72. The number of carbonyl (C=O) groups excluding carboxylic acids is 1. The largest absolute Gasteiger partial charge is 0.338 e. The molecule has 27 heavy (non-hydrogen) atoms.